The van der Waals surface area contributed by atoms with E-state index in [0.29, 0.717) is 12.5 Å². The molecule has 1 aromatic heterocycles. The smallest absolute Gasteiger partial charge is 0.237 e. The molecule has 28 heavy (non-hydrogen) atoms. The number of fused-ring (bicyclic) bond motifs is 1. The Hall–Kier alpha value is -2.43. The van der Waals surface area contributed by atoms with Crippen molar-refractivity contribution in [2.75, 3.05) is 6.54 Å². The van der Waals surface area contributed by atoms with E-state index in [0.717, 1.165) is 19.3 Å². The Bertz CT molecular complexity index is 907. The quantitative estimate of drug-likeness (QED) is 0.669. The summed E-state index contributed by atoms with van der Waals surface area (Å²) in [5.74, 6) is 0.404. The predicted molar refractivity (Wildman–Crippen MR) is 115 cm³/mol. The summed E-state index contributed by atoms with van der Waals surface area (Å²) >= 11 is 1.69. The van der Waals surface area contributed by atoms with Crippen molar-refractivity contribution in [2.24, 2.45) is 11.7 Å². The van der Waals surface area contributed by atoms with Gasteiger partial charge in [-0.05, 0) is 53.3 Å². The average Bonchev–Trinajstić information content (AvgIpc) is 3.26. The van der Waals surface area contributed by atoms with Gasteiger partial charge in [-0.3, -0.25) is 4.79 Å². The monoisotopic (exact) mass is 390 g/mol. The Morgan fingerprint density at radius 2 is 1.82 bits per heavy atom. The highest BCUT2D eigenvalue weighted by atomic mass is 32.1. The van der Waals surface area contributed by atoms with Crippen LogP contribution < -0.4 is 5.73 Å². The van der Waals surface area contributed by atoms with Gasteiger partial charge in [0, 0.05) is 4.88 Å². The topological polar surface area (TPSA) is 46.3 Å². The van der Waals surface area contributed by atoms with E-state index in [1.165, 1.54) is 21.6 Å². The molecule has 0 saturated carbocycles. The van der Waals surface area contributed by atoms with Crippen LogP contribution in [-0.4, -0.2) is 17.4 Å². The molecule has 1 aliphatic rings. The first-order chi connectivity index (χ1) is 13.8. The molecule has 0 radical (unpaired) electrons. The average molecular weight is 391 g/mol. The van der Waals surface area contributed by atoms with Gasteiger partial charge in [0.25, 0.3) is 0 Å². The number of aryl methyl sites for hydroxylation is 1. The molecule has 2 atom stereocenters. The highest BCUT2D eigenvalue weighted by Gasteiger charge is 2.36. The molecule has 4 rings (SSSR count). The lowest BCUT2D eigenvalue weighted by Gasteiger charge is -2.41. The van der Waals surface area contributed by atoms with Crippen LogP contribution in [0.4, 0.5) is 0 Å². The van der Waals surface area contributed by atoms with Crippen molar-refractivity contribution in [1.29, 1.82) is 0 Å². The minimum absolute atomic E-state index is 0.0214. The maximum absolute atomic E-state index is 13.0. The van der Waals surface area contributed by atoms with E-state index in [1.54, 1.807) is 11.3 Å². The molecular formula is C24H26N2OS. The van der Waals surface area contributed by atoms with E-state index >= 15 is 0 Å². The highest BCUT2D eigenvalue weighted by Crippen LogP contribution is 2.41. The van der Waals surface area contributed by atoms with Crippen LogP contribution in [0.3, 0.4) is 0 Å². The van der Waals surface area contributed by atoms with Crippen molar-refractivity contribution in [3.8, 4) is 0 Å². The van der Waals surface area contributed by atoms with Crippen LogP contribution in [0.5, 0.6) is 0 Å². The van der Waals surface area contributed by atoms with Crippen LogP contribution in [-0.2, 0) is 24.2 Å². The summed E-state index contributed by atoms with van der Waals surface area (Å²) in [4.78, 5) is 16.2. The van der Waals surface area contributed by atoms with Gasteiger partial charge in [0.15, 0.2) is 0 Å². The number of rotatable bonds is 6. The number of carbonyl (C=O) groups excluding carboxylic acids is 1. The molecule has 3 aromatic rings. The van der Waals surface area contributed by atoms with E-state index < -0.39 is 0 Å². The third-order valence-electron chi connectivity index (χ3n) is 5.68. The predicted octanol–water partition coefficient (Wildman–Crippen LogP) is 4.58. The number of nitrogens with zero attached hydrogens (tertiary/aromatic N) is 1. The van der Waals surface area contributed by atoms with Gasteiger partial charge in [0.05, 0.1) is 19.1 Å². The van der Waals surface area contributed by atoms with Crippen molar-refractivity contribution in [3.63, 3.8) is 0 Å². The number of nitrogens with two attached hydrogens (primary N) is 1. The Morgan fingerprint density at radius 1 is 1.04 bits per heavy atom. The summed E-state index contributed by atoms with van der Waals surface area (Å²) in [5.41, 5.74) is 9.81. The lowest BCUT2D eigenvalue weighted by Crippen LogP contribution is -2.43. The molecule has 3 nitrogen and oxygen atoms in total. The summed E-state index contributed by atoms with van der Waals surface area (Å²) in [6, 6.07) is 23.4. The van der Waals surface area contributed by atoms with Gasteiger partial charge < -0.3 is 10.6 Å². The second kappa shape index (κ2) is 8.72. The molecular weight excluding hydrogens is 364 g/mol. The summed E-state index contributed by atoms with van der Waals surface area (Å²) < 4.78 is 0. The van der Waals surface area contributed by atoms with Crippen LogP contribution in [0, 0.1) is 5.92 Å². The first-order valence-corrected chi connectivity index (χ1v) is 10.8. The Morgan fingerprint density at radius 3 is 2.57 bits per heavy atom. The molecule has 0 spiro atoms. The molecule has 0 bridgehead atoms. The van der Waals surface area contributed by atoms with Gasteiger partial charge in [-0.2, -0.15) is 0 Å². The first-order valence-electron chi connectivity index (χ1n) is 9.90. The van der Waals surface area contributed by atoms with E-state index in [2.05, 4.69) is 66.0 Å². The SMILES string of the molecule is NCC(=O)N(Cc1cccs1)[C@@H]1c2ccccc2CC[C@H]1Cc1ccccc1. The largest absolute Gasteiger partial charge is 0.329 e. The van der Waals surface area contributed by atoms with Gasteiger partial charge >= 0.3 is 0 Å². The fraction of sp³-hybridized carbons (Fsp3) is 0.292. The molecule has 2 aromatic carbocycles. The second-order valence-corrected chi connectivity index (χ2v) is 8.47. The van der Waals surface area contributed by atoms with E-state index in [1.807, 2.05) is 11.0 Å². The minimum atomic E-state index is 0.0214. The number of hydrogen-bond acceptors (Lipinski definition) is 3. The van der Waals surface area contributed by atoms with E-state index in [9.17, 15) is 4.79 Å². The number of benzene rings is 2. The lowest BCUT2D eigenvalue weighted by atomic mass is 9.76. The normalized spacial score (nSPS) is 18.5. The fourth-order valence-corrected chi connectivity index (χ4v) is 5.09. The molecule has 144 valence electrons. The summed E-state index contributed by atoms with van der Waals surface area (Å²) in [5, 5.41) is 2.07. The molecule has 0 aliphatic heterocycles. The summed E-state index contributed by atoms with van der Waals surface area (Å²) in [6.07, 6.45) is 3.11. The zero-order valence-electron chi connectivity index (χ0n) is 16.0. The third-order valence-corrected chi connectivity index (χ3v) is 6.54. The maximum Gasteiger partial charge on any atom is 0.237 e. The molecule has 1 aliphatic carbocycles. The standard InChI is InChI=1S/C24H26N2OS/c25-16-23(27)26(17-21-10-6-14-28-21)24-20(15-18-7-2-1-3-8-18)13-12-19-9-4-5-11-22(19)24/h1-11,14,20,24H,12-13,15-17,25H2/t20-,24-/m0/s1. The molecule has 4 heteroatoms. The molecule has 0 unspecified atom stereocenters. The van der Waals surface area contributed by atoms with E-state index in [4.69, 9.17) is 5.73 Å². The zero-order chi connectivity index (χ0) is 19.3. The number of carbonyl (C=O) groups is 1. The van der Waals surface area contributed by atoms with Gasteiger partial charge in [-0.1, -0.05) is 60.7 Å². The van der Waals surface area contributed by atoms with Crippen molar-refractivity contribution >= 4 is 17.2 Å². The van der Waals surface area contributed by atoms with Gasteiger partial charge in [-0.25, -0.2) is 0 Å². The zero-order valence-corrected chi connectivity index (χ0v) is 16.8. The van der Waals surface area contributed by atoms with Crippen LogP contribution in [0.25, 0.3) is 0 Å². The Balaban J connectivity index is 1.72. The van der Waals surface area contributed by atoms with Crippen LogP contribution in [0.2, 0.25) is 0 Å². The van der Waals surface area contributed by atoms with Crippen LogP contribution >= 0.6 is 11.3 Å². The lowest BCUT2D eigenvalue weighted by molar-refractivity contribution is -0.134. The van der Waals surface area contributed by atoms with Crippen LogP contribution in [0.1, 0.15) is 34.0 Å². The molecule has 0 fully saturated rings. The van der Waals surface area contributed by atoms with Gasteiger partial charge in [0.1, 0.15) is 0 Å². The third kappa shape index (κ3) is 4.03. The maximum atomic E-state index is 13.0. The van der Waals surface area contributed by atoms with E-state index in [-0.39, 0.29) is 18.5 Å². The Kier molecular flexibility index (Phi) is 5.89. The van der Waals surface area contributed by atoms with Crippen molar-refractivity contribution in [3.05, 3.63) is 93.7 Å². The van der Waals surface area contributed by atoms with Gasteiger partial charge in [-0.15, -0.1) is 11.3 Å². The fourth-order valence-electron chi connectivity index (χ4n) is 4.39. The van der Waals surface area contributed by atoms with Crippen molar-refractivity contribution in [2.45, 2.75) is 31.8 Å². The molecule has 0 saturated heterocycles. The van der Waals surface area contributed by atoms with Crippen LogP contribution in [0.15, 0.2) is 72.1 Å². The number of amides is 1. The second-order valence-electron chi connectivity index (χ2n) is 7.44. The number of thiophene rings is 1. The molecule has 2 N–H and O–H groups in total. The van der Waals surface area contributed by atoms with Crippen molar-refractivity contribution in [1.82, 2.24) is 4.90 Å². The summed E-state index contributed by atoms with van der Waals surface area (Å²) in [7, 11) is 0. The minimum Gasteiger partial charge on any atom is -0.329 e. The highest BCUT2D eigenvalue weighted by molar-refractivity contribution is 7.09. The van der Waals surface area contributed by atoms with Gasteiger partial charge in [0.2, 0.25) is 5.91 Å². The summed E-state index contributed by atoms with van der Waals surface area (Å²) in [6.45, 7) is 0.667. The number of hydrogen-bond donors (Lipinski definition) is 1. The molecule has 1 amide bonds. The Labute approximate surface area is 170 Å². The first kappa shape index (κ1) is 18.9. The molecule has 1 heterocycles. The van der Waals surface area contributed by atoms with Crippen molar-refractivity contribution < 1.29 is 4.79 Å².